The molecular weight excluding hydrogens is 204 g/mol. The molecule has 2 rings (SSSR count). The van der Waals surface area contributed by atoms with Crippen molar-refractivity contribution in [2.24, 2.45) is 0 Å². The second-order valence-corrected chi connectivity index (χ2v) is 3.19. The molecule has 0 bridgehead atoms. The van der Waals surface area contributed by atoms with Gasteiger partial charge in [-0.2, -0.15) is 0 Å². The molecule has 0 spiro atoms. The number of hydrogen-bond donors (Lipinski definition) is 1. The highest BCUT2D eigenvalue weighted by atomic mass is 35.5. The van der Waals surface area contributed by atoms with Crippen molar-refractivity contribution in [2.45, 2.75) is 6.42 Å². The van der Waals surface area contributed by atoms with E-state index in [4.69, 9.17) is 11.6 Å². The average molecular weight is 211 g/mol. The van der Waals surface area contributed by atoms with E-state index < -0.39 is 0 Å². The van der Waals surface area contributed by atoms with E-state index >= 15 is 0 Å². The predicted molar refractivity (Wildman–Crippen MR) is 51.6 cm³/mol. The summed E-state index contributed by atoms with van der Waals surface area (Å²) in [6, 6.07) is 3.02. The van der Waals surface area contributed by atoms with Crippen LogP contribution in [0.25, 0.3) is 5.52 Å². The minimum absolute atomic E-state index is 0.122. The molecule has 14 heavy (non-hydrogen) atoms. The lowest BCUT2D eigenvalue weighted by atomic mass is 10.4. The van der Waals surface area contributed by atoms with E-state index in [0.717, 1.165) is 6.29 Å². The van der Waals surface area contributed by atoms with Gasteiger partial charge in [0.15, 0.2) is 5.15 Å². The zero-order valence-corrected chi connectivity index (χ0v) is 7.90. The fraction of sp³-hybridized carbons (Fsp3) is 0.111. The second-order valence-electron chi connectivity index (χ2n) is 2.83. The quantitative estimate of drug-likeness (QED) is 0.763. The maximum Gasteiger partial charge on any atom is 0.155 e. The first-order valence-electron chi connectivity index (χ1n) is 4.01. The van der Waals surface area contributed by atoms with Gasteiger partial charge in [0.25, 0.3) is 0 Å². The molecule has 0 fully saturated rings. The Bertz CT molecular complexity index is 493. The summed E-state index contributed by atoms with van der Waals surface area (Å²) in [6.07, 6.45) is 2.60. The minimum Gasteiger partial charge on any atom is -0.508 e. The van der Waals surface area contributed by atoms with Gasteiger partial charge in [-0.15, -0.1) is 0 Å². The Balaban J connectivity index is 2.70. The lowest BCUT2D eigenvalue weighted by Crippen LogP contribution is -1.94. The molecule has 0 unspecified atom stereocenters. The second kappa shape index (κ2) is 3.31. The largest absolute Gasteiger partial charge is 0.508 e. The molecule has 1 N–H and O–H groups in total. The number of nitrogens with zero attached hydrogens (tertiary/aromatic N) is 2. The molecule has 2 aromatic heterocycles. The molecule has 5 heteroatoms. The van der Waals surface area contributed by atoms with Crippen LogP contribution in [0.15, 0.2) is 18.3 Å². The van der Waals surface area contributed by atoms with E-state index in [1.807, 2.05) is 0 Å². The number of rotatable bonds is 2. The van der Waals surface area contributed by atoms with Crippen LogP contribution in [0.2, 0.25) is 5.15 Å². The monoisotopic (exact) mass is 210 g/mol. The van der Waals surface area contributed by atoms with Crippen molar-refractivity contribution < 1.29 is 9.90 Å². The third-order valence-electron chi connectivity index (χ3n) is 1.92. The number of fused-ring (bicyclic) bond motifs is 1. The first-order valence-corrected chi connectivity index (χ1v) is 4.39. The molecule has 0 radical (unpaired) electrons. The molecule has 0 atom stereocenters. The van der Waals surface area contributed by atoms with Gasteiger partial charge in [0.1, 0.15) is 17.9 Å². The Morgan fingerprint density at radius 1 is 1.64 bits per heavy atom. The fourth-order valence-corrected chi connectivity index (χ4v) is 1.56. The predicted octanol–water partition coefficient (Wildman–Crippen LogP) is 1.43. The van der Waals surface area contributed by atoms with Crippen molar-refractivity contribution in [2.75, 3.05) is 0 Å². The summed E-state index contributed by atoms with van der Waals surface area (Å²) in [5.41, 5.74) is 0.600. The number of halogens is 1. The molecule has 0 aromatic carbocycles. The number of aldehydes is 1. The number of imidazole rings is 1. The molecule has 0 aliphatic rings. The summed E-state index contributed by atoms with van der Waals surface area (Å²) >= 11 is 5.83. The van der Waals surface area contributed by atoms with Crippen molar-refractivity contribution in [3.8, 4) is 5.75 Å². The Morgan fingerprint density at radius 3 is 3.14 bits per heavy atom. The lowest BCUT2D eigenvalue weighted by molar-refractivity contribution is -0.107. The summed E-state index contributed by atoms with van der Waals surface area (Å²) in [4.78, 5) is 14.4. The molecule has 0 saturated carbocycles. The van der Waals surface area contributed by atoms with Crippen molar-refractivity contribution in [3.63, 3.8) is 0 Å². The van der Waals surface area contributed by atoms with E-state index in [2.05, 4.69) is 4.98 Å². The van der Waals surface area contributed by atoms with Crippen molar-refractivity contribution in [1.29, 1.82) is 0 Å². The van der Waals surface area contributed by atoms with E-state index in [1.54, 1.807) is 10.6 Å². The van der Waals surface area contributed by atoms with Crippen LogP contribution in [0.1, 0.15) is 5.82 Å². The molecule has 72 valence electrons. The highest BCUT2D eigenvalue weighted by Crippen LogP contribution is 2.21. The van der Waals surface area contributed by atoms with Crippen molar-refractivity contribution in [1.82, 2.24) is 9.38 Å². The fourth-order valence-electron chi connectivity index (χ4n) is 1.32. The van der Waals surface area contributed by atoms with Crippen LogP contribution in [-0.2, 0) is 11.2 Å². The number of hydrogen-bond acceptors (Lipinski definition) is 3. The van der Waals surface area contributed by atoms with Crippen LogP contribution in [0, 0.1) is 0 Å². The number of carbonyl (C=O) groups is 1. The highest BCUT2D eigenvalue weighted by molar-refractivity contribution is 6.32. The number of pyridine rings is 1. The summed E-state index contributed by atoms with van der Waals surface area (Å²) < 4.78 is 1.68. The lowest BCUT2D eigenvalue weighted by Gasteiger charge is -1.97. The van der Waals surface area contributed by atoms with E-state index in [-0.39, 0.29) is 17.3 Å². The zero-order valence-electron chi connectivity index (χ0n) is 7.14. The standard InChI is InChI=1S/C9H7ClN2O2/c10-9-7-5-6(14)1-3-12(7)8(11-9)2-4-13/h1,3-5,14H,2H2. The zero-order chi connectivity index (χ0) is 10.1. The minimum atomic E-state index is 0.122. The molecule has 0 aliphatic carbocycles. The average Bonchev–Trinajstić information content (AvgIpc) is 2.44. The van der Waals surface area contributed by atoms with Crippen LogP contribution < -0.4 is 0 Å². The third kappa shape index (κ3) is 1.33. The van der Waals surface area contributed by atoms with Crippen LogP contribution in [0.3, 0.4) is 0 Å². The van der Waals surface area contributed by atoms with Crippen LogP contribution in [-0.4, -0.2) is 20.8 Å². The number of carbonyl (C=O) groups excluding carboxylic acids is 1. The number of aromatic nitrogens is 2. The molecule has 0 amide bonds. The normalized spacial score (nSPS) is 10.6. The van der Waals surface area contributed by atoms with Gasteiger partial charge in [-0.1, -0.05) is 11.6 Å². The van der Waals surface area contributed by atoms with Gasteiger partial charge in [0, 0.05) is 12.3 Å². The van der Waals surface area contributed by atoms with Crippen LogP contribution in [0.4, 0.5) is 0 Å². The smallest absolute Gasteiger partial charge is 0.155 e. The van der Waals surface area contributed by atoms with Gasteiger partial charge < -0.3 is 14.3 Å². The Morgan fingerprint density at radius 2 is 2.43 bits per heavy atom. The van der Waals surface area contributed by atoms with Gasteiger partial charge in [-0.25, -0.2) is 4.98 Å². The van der Waals surface area contributed by atoms with Crippen LogP contribution in [0.5, 0.6) is 5.75 Å². The maximum atomic E-state index is 10.3. The van der Waals surface area contributed by atoms with Gasteiger partial charge >= 0.3 is 0 Å². The first-order chi connectivity index (χ1) is 6.72. The van der Waals surface area contributed by atoms with Gasteiger partial charge in [0.2, 0.25) is 0 Å². The summed E-state index contributed by atoms with van der Waals surface area (Å²) in [7, 11) is 0. The van der Waals surface area contributed by atoms with E-state index in [9.17, 15) is 9.90 Å². The SMILES string of the molecule is O=CCc1nc(Cl)c2cc(O)ccn12. The molecule has 4 nitrogen and oxygen atoms in total. The Hall–Kier alpha value is -1.55. The third-order valence-corrected chi connectivity index (χ3v) is 2.20. The Kier molecular flexibility index (Phi) is 2.13. The van der Waals surface area contributed by atoms with Crippen molar-refractivity contribution >= 4 is 23.4 Å². The van der Waals surface area contributed by atoms with Crippen molar-refractivity contribution in [3.05, 3.63) is 29.3 Å². The summed E-state index contributed by atoms with van der Waals surface area (Å²) in [5.74, 6) is 0.692. The Labute approximate surface area is 84.8 Å². The summed E-state index contributed by atoms with van der Waals surface area (Å²) in [6.45, 7) is 0. The maximum absolute atomic E-state index is 10.3. The molecular formula is C9H7ClN2O2. The molecule has 0 saturated heterocycles. The molecule has 0 aliphatic heterocycles. The van der Waals surface area contributed by atoms with Gasteiger partial charge in [-0.3, -0.25) is 0 Å². The first kappa shape index (κ1) is 9.02. The van der Waals surface area contributed by atoms with Gasteiger partial charge in [0.05, 0.1) is 11.9 Å². The topological polar surface area (TPSA) is 54.6 Å². The van der Waals surface area contributed by atoms with E-state index in [0.29, 0.717) is 11.3 Å². The van der Waals surface area contributed by atoms with Crippen LogP contribution >= 0.6 is 11.6 Å². The number of aromatic hydroxyl groups is 1. The summed E-state index contributed by atoms with van der Waals surface area (Å²) in [5, 5.41) is 9.51. The van der Waals surface area contributed by atoms with Gasteiger partial charge in [-0.05, 0) is 6.07 Å². The molecule has 2 aromatic rings. The van der Waals surface area contributed by atoms with E-state index in [1.165, 1.54) is 12.1 Å². The molecule has 2 heterocycles. The highest BCUT2D eigenvalue weighted by Gasteiger charge is 2.08.